The Labute approximate surface area is 88.6 Å². The minimum atomic E-state index is 0. The summed E-state index contributed by atoms with van der Waals surface area (Å²) in [6, 6.07) is 0. The average Bonchev–Trinajstić information content (AvgIpc) is 1.68. The first-order valence-corrected chi connectivity index (χ1v) is 4.11. The normalized spacial score (nSPS) is 7.78. The Morgan fingerprint density at radius 2 is 2.11 bits per heavy atom. The van der Waals surface area contributed by atoms with Crippen LogP contribution in [0.25, 0.3) is 0 Å². The molecule has 9 heavy (non-hydrogen) atoms. The van der Waals surface area contributed by atoms with Crippen molar-refractivity contribution in [2.24, 2.45) is 0 Å². The topological polar surface area (TPSA) is 12.0 Å². The molecule has 1 nitrogen and oxygen atoms in total. The van der Waals surface area contributed by atoms with Gasteiger partial charge in [-0.3, -0.25) is 0 Å². The van der Waals surface area contributed by atoms with Gasteiger partial charge in [0.2, 0.25) is 0 Å². The Hall–Kier alpha value is 1.24. The van der Waals surface area contributed by atoms with E-state index in [-0.39, 0.29) is 29.6 Å². The van der Waals surface area contributed by atoms with Gasteiger partial charge in [-0.15, -0.1) is 0 Å². The maximum absolute atomic E-state index is 4.90. The Morgan fingerprint density at radius 1 is 1.56 bits per heavy atom. The zero-order valence-electron chi connectivity index (χ0n) is 6.23. The van der Waals surface area contributed by atoms with E-state index < -0.39 is 0 Å². The predicted octanol–water partition coefficient (Wildman–Crippen LogP) is 1.25. The van der Waals surface area contributed by atoms with Crippen LogP contribution in [-0.4, -0.2) is 46.2 Å². The molecule has 0 aliphatic carbocycles. The standard InChI is InChI=1S/C5H11NS2.Na/c1-3-6-5(7)8-4-2;/h3-4H2,1-2H3,(H,6,7);. The van der Waals surface area contributed by atoms with Crippen LogP contribution in [-0.2, 0) is 0 Å². The summed E-state index contributed by atoms with van der Waals surface area (Å²) in [7, 11) is 0. The Morgan fingerprint density at radius 3 is 2.44 bits per heavy atom. The maximum atomic E-state index is 4.90. The molecule has 0 saturated heterocycles. The zero-order chi connectivity index (χ0) is 6.41. The molecule has 0 spiro atoms. The van der Waals surface area contributed by atoms with E-state index in [1.54, 1.807) is 11.8 Å². The van der Waals surface area contributed by atoms with Crippen LogP contribution < -0.4 is 5.32 Å². The van der Waals surface area contributed by atoms with Crippen molar-refractivity contribution in [1.82, 2.24) is 5.32 Å². The molecule has 49 valence electrons. The Kier molecular flexibility index (Phi) is 13.2. The van der Waals surface area contributed by atoms with Crippen molar-refractivity contribution in [1.29, 1.82) is 0 Å². The zero-order valence-corrected chi connectivity index (χ0v) is 9.86. The fraction of sp³-hybridized carbons (Fsp3) is 0.800. The molecule has 0 bridgehead atoms. The fourth-order valence-electron chi connectivity index (χ4n) is 0.326. The van der Waals surface area contributed by atoms with E-state index in [1.807, 2.05) is 6.92 Å². The molecule has 0 amide bonds. The van der Waals surface area contributed by atoms with Crippen molar-refractivity contribution >= 4 is 57.9 Å². The third-order valence-corrected chi connectivity index (χ3v) is 1.79. The number of nitrogens with one attached hydrogen (secondary N) is 1. The molecule has 0 aromatic heterocycles. The average molecular weight is 172 g/mol. The number of rotatable bonds is 2. The van der Waals surface area contributed by atoms with Gasteiger partial charge in [-0.05, 0) is 12.7 Å². The summed E-state index contributed by atoms with van der Waals surface area (Å²) in [4.78, 5) is 0. The van der Waals surface area contributed by atoms with Crippen LogP contribution in [0.15, 0.2) is 0 Å². The van der Waals surface area contributed by atoms with Gasteiger partial charge in [-0.1, -0.05) is 30.9 Å². The van der Waals surface area contributed by atoms with Gasteiger partial charge in [0.05, 0.1) is 0 Å². The summed E-state index contributed by atoms with van der Waals surface area (Å²) in [5, 5.41) is 3.04. The minimum Gasteiger partial charge on any atom is -0.371 e. The van der Waals surface area contributed by atoms with E-state index >= 15 is 0 Å². The van der Waals surface area contributed by atoms with Crippen LogP contribution in [0, 0.1) is 0 Å². The van der Waals surface area contributed by atoms with Crippen LogP contribution >= 0.6 is 24.0 Å². The van der Waals surface area contributed by atoms with Gasteiger partial charge in [0.1, 0.15) is 4.32 Å². The SMILES string of the molecule is CCNC(=S)SCC.[Na]. The molecule has 0 aliphatic heterocycles. The van der Waals surface area contributed by atoms with Gasteiger partial charge in [-0.2, -0.15) is 0 Å². The third kappa shape index (κ3) is 9.24. The largest absolute Gasteiger partial charge is 0.371 e. The van der Waals surface area contributed by atoms with E-state index in [0.717, 1.165) is 16.6 Å². The third-order valence-electron chi connectivity index (χ3n) is 0.597. The molecule has 0 aromatic carbocycles. The molecule has 0 rings (SSSR count). The van der Waals surface area contributed by atoms with Crippen LogP contribution in [0.2, 0.25) is 0 Å². The first kappa shape index (κ1) is 12.9. The molecule has 0 saturated carbocycles. The van der Waals surface area contributed by atoms with Crippen LogP contribution in [0.4, 0.5) is 0 Å². The number of thioether (sulfide) groups is 1. The smallest absolute Gasteiger partial charge is 0.133 e. The first-order chi connectivity index (χ1) is 3.81. The second kappa shape index (κ2) is 9.24. The van der Waals surface area contributed by atoms with E-state index in [2.05, 4.69) is 12.2 Å². The van der Waals surface area contributed by atoms with E-state index in [9.17, 15) is 0 Å². The van der Waals surface area contributed by atoms with Crippen molar-refractivity contribution < 1.29 is 0 Å². The molecule has 0 heterocycles. The summed E-state index contributed by atoms with van der Waals surface area (Å²) in [5.41, 5.74) is 0. The molecule has 0 fully saturated rings. The van der Waals surface area contributed by atoms with Crippen molar-refractivity contribution in [2.45, 2.75) is 13.8 Å². The first-order valence-electron chi connectivity index (χ1n) is 2.71. The predicted molar refractivity (Wildman–Crippen MR) is 50.2 cm³/mol. The number of hydrogen-bond donors (Lipinski definition) is 1. The van der Waals surface area contributed by atoms with Gasteiger partial charge < -0.3 is 5.32 Å². The molecule has 0 unspecified atom stereocenters. The molecule has 0 aromatic rings. The Bertz CT molecular complexity index is 69.4. The van der Waals surface area contributed by atoms with E-state index in [4.69, 9.17) is 12.2 Å². The van der Waals surface area contributed by atoms with Crippen molar-refractivity contribution in [3.05, 3.63) is 0 Å². The number of thiocarbonyl (C=S) groups is 1. The second-order valence-corrected chi connectivity index (χ2v) is 3.19. The molecule has 4 heteroatoms. The van der Waals surface area contributed by atoms with Crippen LogP contribution in [0.3, 0.4) is 0 Å². The molecule has 0 aliphatic rings. The van der Waals surface area contributed by atoms with Crippen molar-refractivity contribution in [2.75, 3.05) is 12.3 Å². The van der Waals surface area contributed by atoms with E-state index in [0.29, 0.717) is 0 Å². The van der Waals surface area contributed by atoms with Gasteiger partial charge in [0.25, 0.3) is 0 Å². The van der Waals surface area contributed by atoms with Gasteiger partial charge in [0, 0.05) is 36.1 Å². The summed E-state index contributed by atoms with van der Waals surface area (Å²) < 4.78 is 0.912. The Balaban J connectivity index is 0. The van der Waals surface area contributed by atoms with E-state index in [1.165, 1.54) is 0 Å². The molecule has 1 N–H and O–H groups in total. The van der Waals surface area contributed by atoms with Gasteiger partial charge in [-0.25, -0.2) is 0 Å². The summed E-state index contributed by atoms with van der Waals surface area (Å²) in [6.45, 7) is 5.07. The van der Waals surface area contributed by atoms with Crippen molar-refractivity contribution in [3.63, 3.8) is 0 Å². The molecule has 0 atom stereocenters. The molecular formula is C5H11NNaS2. The summed E-state index contributed by atoms with van der Waals surface area (Å²) >= 11 is 6.58. The second-order valence-electron chi connectivity index (χ2n) is 1.25. The monoisotopic (exact) mass is 172 g/mol. The number of hydrogen-bond acceptors (Lipinski definition) is 2. The van der Waals surface area contributed by atoms with Crippen molar-refractivity contribution in [3.8, 4) is 0 Å². The van der Waals surface area contributed by atoms with Gasteiger partial charge in [0.15, 0.2) is 0 Å². The van der Waals surface area contributed by atoms with Gasteiger partial charge >= 0.3 is 0 Å². The summed E-state index contributed by atoms with van der Waals surface area (Å²) in [6.07, 6.45) is 0. The fourth-order valence-corrected chi connectivity index (χ4v) is 1.33. The molecular weight excluding hydrogens is 161 g/mol. The minimum absolute atomic E-state index is 0. The van der Waals surface area contributed by atoms with Crippen LogP contribution in [0.5, 0.6) is 0 Å². The summed E-state index contributed by atoms with van der Waals surface area (Å²) in [5.74, 6) is 1.06. The maximum Gasteiger partial charge on any atom is 0.133 e. The molecule has 1 radical (unpaired) electrons. The quantitative estimate of drug-likeness (QED) is 0.497. The van der Waals surface area contributed by atoms with Crippen LogP contribution in [0.1, 0.15) is 13.8 Å².